The summed E-state index contributed by atoms with van der Waals surface area (Å²) in [6.07, 6.45) is 0. The average Bonchev–Trinajstić information content (AvgIpc) is 2.65. The zero-order valence-corrected chi connectivity index (χ0v) is 17.0. The smallest absolute Gasteiger partial charge is 0.338 e. The van der Waals surface area contributed by atoms with Gasteiger partial charge in [0.25, 0.3) is 0 Å². The minimum Gasteiger partial charge on any atom is -0.454 e. The van der Waals surface area contributed by atoms with Crippen molar-refractivity contribution in [2.45, 2.75) is 40.5 Å². The van der Waals surface area contributed by atoms with E-state index in [9.17, 15) is 14.4 Å². The number of carbonyl (C=O) groups excluding carboxylic acids is 3. The van der Waals surface area contributed by atoms with Crippen molar-refractivity contribution in [3.63, 3.8) is 0 Å². The van der Waals surface area contributed by atoms with Gasteiger partial charge in [-0.3, -0.25) is 9.59 Å². The molecule has 0 spiro atoms. The molecule has 28 heavy (non-hydrogen) atoms. The van der Waals surface area contributed by atoms with E-state index in [2.05, 4.69) is 19.2 Å². The zero-order valence-electron chi connectivity index (χ0n) is 17.0. The van der Waals surface area contributed by atoms with Crippen LogP contribution >= 0.6 is 0 Å². The lowest BCUT2D eigenvalue weighted by molar-refractivity contribution is -0.123. The van der Waals surface area contributed by atoms with E-state index in [4.69, 9.17) is 4.74 Å². The molecule has 0 aliphatic rings. The molecule has 0 aromatic heterocycles. The van der Waals surface area contributed by atoms with Crippen molar-refractivity contribution in [3.8, 4) is 0 Å². The predicted octanol–water partition coefficient (Wildman–Crippen LogP) is 4.83. The zero-order chi connectivity index (χ0) is 20.9. The van der Waals surface area contributed by atoms with Gasteiger partial charge in [0.1, 0.15) is 0 Å². The van der Waals surface area contributed by atoms with Crippen molar-refractivity contribution in [3.05, 3.63) is 65.2 Å². The first-order valence-electron chi connectivity index (χ1n) is 9.29. The highest BCUT2D eigenvalue weighted by Crippen LogP contribution is 2.18. The van der Waals surface area contributed by atoms with Gasteiger partial charge in [-0.05, 0) is 47.9 Å². The monoisotopic (exact) mass is 381 g/mol. The first-order valence-corrected chi connectivity index (χ1v) is 9.29. The summed E-state index contributed by atoms with van der Waals surface area (Å²) in [5, 5.41) is 2.80. The van der Waals surface area contributed by atoms with Gasteiger partial charge in [-0.2, -0.15) is 0 Å². The minimum absolute atomic E-state index is 0.107. The molecule has 1 amide bonds. The van der Waals surface area contributed by atoms with Gasteiger partial charge >= 0.3 is 5.97 Å². The SMILES string of the molecule is CC(C)c1ccc(C(=O)OCC(=O)c2ccc(NC(=O)C(C)(C)C)cc2)cc1. The molecule has 0 heterocycles. The van der Waals surface area contributed by atoms with Crippen LogP contribution in [0, 0.1) is 5.41 Å². The van der Waals surface area contributed by atoms with E-state index in [-0.39, 0.29) is 18.3 Å². The van der Waals surface area contributed by atoms with E-state index < -0.39 is 11.4 Å². The fourth-order valence-electron chi connectivity index (χ4n) is 2.36. The molecule has 0 unspecified atom stereocenters. The number of benzene rings is 2. The maximum Gasteiger partial charge on any atom is 0.338 e. The second kappa shape index (κ2) is 8.83. The Morgan fingerprint density at radius 3 is 1.93 bits per heavy atom. The molecule has 2 aromatic rings. The highest BCUT2D eigenvalue weighted by molar-refractivity contribution is 6.00. The summed E-state index contributed by atoms with van der Waals surface area (Å²) in [5.41, 5.74) is 2.06. The molecule has 0 atom stereocenters. The Morgan fingerprint density at radius 2 is 1.43 bits per heavy atom. The fourth-order valence-corrected chi connectivity index (χ4v) is 2.36. The third kappa shape index (κ3) is 5.78. The molecule has 0 fully saturated rings. The second-order valence-corrected chi connectivity index (χ2v) is 8.06. The van der Waals surface area contributed by atoms with Crippen molar-refractivity contribution >= 4 is 23.3 Å². The normalized spacial score (nSPS) is 11.2. The number of nitrogens with one attached hydrogen (secondary N) is 1. The number of Topliss-reactive ketones (excluding diaryl/α,β-unsaturated/α-hetero) is 1. The number of carbonyl (C=O) groups is 3. The molecule has 0 radical (unpaired) electrons. The van der Waals surface area contributed by atoms with Gasteiger partial charge in [-0.25, -0.2) is 4.79 Å². The van der Waals surface area contributed by atoms with E-state index in [1.165, 1.54) is 0 Å². The lowest BCUT2D eigenvalue weighted by Crippen LogP contribution is -2.27. The van der Waals surface area contributed by atoms with Crippen LogP contribution in [-0.2, 0) is 9.53 Å². The van der Waals surface area contributed by atoms with Crippen molar-refractivity contribution in [2.75, 3.05) is 11.9 Å². The number of anilines is 1. The third-order valence-electron chi connectivity index (χ3n) is 4.29. The maximum atomic E-state index is 12.3. The number of hydrogen-bond acceptors (Lipinski definition) is 4. The van der Waals surface area contributed by atoms with E-state index in [0.717, 1.165) is 5.56 Å². The molecule has 5 heteroatoms. The van der Waals surface area contributed by atoms with Crippen LogP contribution in [0.15, 0.2) is 48.5 Å². The lowest BCUT2D eigenvalue weighted by Gasteiger charge is -2.17. The Hall–Kier alpha value is -2.95. The lowest BCUT2D eigenvalue weighted by atomic mass is 9.95. The van der Waals surface area contributed by atoms with Gasteiger partial charge in [-0.15, -0.1) is 0 Å². The molecular formula is C23H27NO4. The topological polar surface area (TPSA) is 72.5 Å². The van der Waals surface area contributed by atoms with Crippen LogP contribution < -0.4 is 5.32 Å². The van der Waals surface area contributed by atoms with Crippen LogP contribution in [0.25, 0.3) is 0 Å². The van der Waals surface area contributed by atoms with E-state index in [1.54, 1.807) is 36.4 Å². The molecule has 0 saturated heterocycles. The highest BCUT2D eigenvalue weighted by atomic mass is 16.5. The quantitative estimate of drug-likeness (QED) is 0.574. The van der Waals surface area contributed by atoms with Crippen LogP contribution in [0.2, 0.25) is 0 Å². The van der Waals surface area contributed by atoms with Crippen LogP contribution in [0.4, 0.5) is 5.69 Å². The second-order valence-electron chi connectivity index (χ2n) is 8.06. The highest BCUT2D eigenvalue weighted by Gasteiger charge is 2.21. The largest absolute Gasteiger partial charge is 0.454 e. The Balaban J connectivity index is 1.92. The predicted molar refractivity (Wildman–Crippen MR) is 110 cm³/mol. The summed E-state index contributed by atoms with van der Waals surface area (Å²) >= 11 is 0. The maximum absolute atomic E-state index is 12.3. The van der Waals surface area contributed by atoms with E-state index in [1.807, 2.05) is 32.9 Å². The molecule has 1 N–H and O–H groups in total. The molecule has 148 valence electrons. The molecule has 0 saturated carbocycles. The number of esters is 1. The van der Waals surface area contributed by atoms with E-state index >= 15 is 0 Å². The molecular weight excluding hydrogens is 354 g/mol. The van der Waals surface area contributed by atoms with Gasteiger partial charge < -0.3 is 10.1 Å². The summed E-state index contributed by atoms with van der Waals surface area (Å²) in [7, 11) is 0. The van der Waals surface area contributed by atoms with Crippen LogP contribution in [-0.4, -0.2) is 24.3 Å². The molecule has 0 bridgehead atoms. The number of rotatable bonds is 6. The first-order chi connectivity index (χ1) is 13.1. The van der Waals surface area contributed by atoms with Crippen LogP contribution in [0.3, 0.4) is 0 Å². The Kier molecular flexibility index (Phi) is 6.73. The Morgan fingerprint density at radius 1 is 0.893 bits per heavy atom. The molecule has 2 rings (SSSR count). The van der Waals surface area contributed by atoms with Crippen LogP contribution in [0.1, 0.15) is 66.8 Å². The van der Waals surface area contributed by atoms with Crippen LogP contribution in [0.5, 0.6) is 0 Å². The summed E-state index contributed by atoms with van der Waals surface area (Å²) < 4.78 is 5.13. The number of ketones is 1. The number of amides is 1. The summed E-state index contributed by atoms with van der Waals surface area (Å²) in [5.74, 6) is -0.564. The first kappa shape index (κ1) is 21.4. The third-order valence-corrected chi connectivity index (χ3v) is 4.29. The van der Waals surface area contributed by atoms with E-state index in [0.29, 0.717) is 22.7 Å². The van der Waals surface area contributed by atoms with Gasteiger partial charge in [-0.1, -0.05) is 46.8 Å². The van der Waals surface area contributed by atoms with Gasteiger partial charge in [0.2, 0.25) is 5.91 Å². The average molecular weight is 381 g/mol. The van der Waals surface area contributed by atoms with Gasteiger partial charge in [0.05, 0.1) is 5.56 Å². The summed E-state index contributed by atoms with van der Waals surface area (Å²) in [4.78, 5) is 36.3. The molecule has 0 aliphatic heterocycles. The van der Waals surface area contributed by atoms with Crippen molar-refractivity contribution in [2.24, 2.45) is 5.41 Å². The minimum atomic E-state index is -0.530. The number of hydrogen-bond donors (Lipinski definition) is 1. The molecule has 5 nitrogen and oxygen atoms in total. The Labute approximate surface area is 166 Å². The standard InChI is InChI=1S/C23H27NO4/c1-15(2)16-6-8-18(9-7-16)21(26)28-14-20(25)17-10-12-19(13-11-17)24-22(27)23(3,4)5/h6-13,15H,14H2,1-5H3,(H,24,27). The summed E-state index contributed by atoms with van der Waals surface area (Å²) in [6.45, 7) is 9.29. The van der Waals surface area contributed by atoms with Crippen molar-refractivity contribution in [1.29, 1.82) is 0 Å². The fraction of sp³-hybridized carbons (Fsp3) is 0.348. The number of ether oxygens (including phenoxy) is 1. The van der Waals surface area contributed by atoms with Crippen molar-refractivity contribution < 1.29 is 19.1 Å². The molecule has 0 aliphatic carbocycles. The van der Waals surface area contributed by atoms with Gasteiger partial charge in [0.15, 0.2) is 12.4 Å². The van der Waals surface area contributed by atoms with Gasteiger partial charge in [0, 0.05) is 16.7 Å². The molecule has 2 aromatic carbocycles. The summed E-state index contributed by atoms with van der Waals surface area (Å²) in [6, 6.07) is 13.7. The Bertz CT molecular complexity index is 844. The van der Waals surface area contributed by atoms with Crippen molar-refractivity contribution in [1.82, 2.24) is 0 Å².